The number of nitrogen functional groups attached to an aromatic ring is 1. The van der Waals surface area contributed by atoms with Crippen LogP contribution in [0.2, 0.25) is 0 Å². The molecule has 0 bridgehead atoms. The van der Waals surface area contributed by atoms with Crippen molar-refractivity contribution in [1.82, 2.24) is 19.4 Å². The van der Waals surface area contributed by atoms with Crippen LogP contribution in [0.25, 0.3) is 5.69 Å². The molecule has 12 heteroatoms. The van der Waals surface area contributed by atoms with E-state index in [4.69, 9.17) is 11.6 Å². The number of hydrogen-bond acceptors (Lipinski definition) is 8. The van der Waals surface area contributed by atoms with Gasteiger partial charge in [-0.25, -0.2) is 24.0 Å². The number of nitrogens with two attached hydrogens (primary N) is 2. The molecule has 33 heavy (non-hydrogen) atoms. The molecule has 0 saturated heterocycles. The lowest BCUT2D eigenvalue weighted by Crippen LogP contribution is -2.46. The maximum atomic E-state index is 14.0. The van der Waals surface area contributed by atoms with E-state index in [1.165, 1.54) is 6.20 Å². The number of nitrogens with one attached hydrogen (secondary N) is 1. The highest BCUT2D eigenvalue weighted by Crippen LogP contribution is 2.30. The molecule has 2 aromatic heterocycles. The van der Waals surface area contributed by atoms with E-state index >= 15 is 0 Å². The maximum absolute atomic E-state index is 14.0. The lowest BCUT2D eigenvalue weighted by molar-refractivity contribution is 0.509. The zero-order chi connectivity index (χ0) is 24.3. The van der Waals surface area contributed by atoms with Crippen molar-refractivity contribution in [3.8, 4) is 11.8 Å². The molecule has 0 aliphatic rings. The summed E-state index contributed by atoms with van der Waals surface area (Å²) in [6, 6.07) is 4.95. The Morgan fingerprint density at radius 2 is 1.91 bits per heavy atom. The van der Waals surface area contributed by atoms with Crippen molar-refractivity contribution < 1.29 is 8.78 Å². The van der Waals surface area contributed by atoms with Crippen molar-refractivity contribution in [2.75, 3.05) is 17.3 Å². The summed E-state index contributed by atoms with van der Waals surface area (Å²) in [7, 11) is 0. The number of anilines is 3. The Kier molecular flexibility index (Phi) is 6.86. The average molecular weight is 456 g/mol. The molecule has 10 nitrogen and oxygen atoms in total. The highest BCUT2D eigenvalue weighted by atomic mass is 19.2. The average Bonchev–Trinajstić information content (AvgIpc) is 2.76. The standard InChI is InChI=1S/C21H22F2N8O2/c1-3-27-11-18-19(31(26)17-8-15(23)14(22)7-16(17)25)20(32)30(21(33)29(18)5-4-24)13-6-12(2)9-28-10-13/h6-10,27H,3,5,11,25-26H2,1-2H3. The van der Waals surface area contributed by atoms with Gasteiger partial charge in [0, 0.05) is 24.9 Å². The monoisotopic (exact) mass is 456 g/mol. The van der Waals surface area contributed by atoms with Crippen LogP contribution in [0, 0.1) is 29.9 Å². The molecule has 0 atom stereocenters. The Morgan fingerprint density at radius 3 is 2.55 bits per heavy atom. The quantitative estimate of drug-likeness (QED) is 0.273. The van der Waals surface area contributed by atoms with Gasteiger partial charge in [-0.3, -0.25) is 19.4 Å². The van der Waals surface area contributed by atoms with Crippen LogP contribution in [-0.2, 0) is 13.1 Å². The largest absolute Gasteiger partial charge is 0.397 e. The number of nitrogens with zero attached hydrogens (tertiary/aromatic N) is 5. The first-order chi connectivity index (χ1) is 15.7. The second kappa shape index (κ2) is 9.60. The van der Waals surface area contributed by atoms with Crippen molar-refractivity contribution in [2.24, 2.45) is 5.84 Å². The molecule has 172 valence electrons. The molecule has 0 spiro atoms. The highest BCUT2D eigenvalue weighted by Gasteiger charge is 2.25. The molecular weight excluding hydrogens is 434 g/mol. The SMILES string of the molecule is CCNCc1c(N(N)c2cc(F)c(F)cc2N)c(=O)n(-c2cncc(C)c2)c(=O)n1CC#N. The highest BCUT2D eigenvalue weighted by molar-refractivity contribution is 5.74. The van der Waals surface area contributed by atoms with Gasteiger partial charge in [-0.15, -0.1) is 0 Å². The van der Waals surface area contributed by atoms with E-state index in [1.54, 1.807) is 26.1 Å². The summed E-state index contributed by atoms with van der Waals surface area (Å²) in [6.07, 6.45) is 2.85. The van der Waals surface area contributed by atoms with E-state index in [0.717, 1.165) is 26.3 Å². The van der Waals surface area contributed by atoms with Gasteiger partial charge in [0.25, 0.3) is 5.56 Å². The zero-order valence-corrected chi connectivity index (χ0v) is 18.0. The van der Waals surface area contributed by atoms with Crippen molar-refractivity contribution >= 4 is 17.1 Å². The first kappa shape index (κ1) is 23.6. The summed E-state index contributed by atoms with van der Waals surface area (Å²) in [5.41, 5.74) is 4.46. The van der Waals surface area contributed by atoms with Gasteiger partial charge in [-0.1, -0.05) is 6.92 Å². The van der Waals surface area contributed by atoms with Crippen LogP contribution >= 0.6 is 0 Å². The Bertz CT molecular complexity index is 1360. The van der Waals surface area contributed by atoms with Gasteiger partial charge in [0.2, 0.25) is 0 Å². The van der Waals surface area contributed by atoms with E-state index in [9.17, 15) is 23.6 Å². The lowest BCUT2D eigenvalue weighted by Gasteiger charge is -2.25. The minimum absolute atomic E-state index is 0.0117. The van der Waals surface area contributed by atoms with Gasteiger partial charge in [0.05, 0.1) is 35.0 Å². The zero-order valence-electron chi connectivity index (χ0n) is 18.0. The Morgan fingerprint density at radius 1 is 1.21 bits per heavy atom. The van der Waals surface area contributed by atoms with Crippen molar-refractivity contribution in [3.63, 3.8) is 0 Å². The summed E-state index contributed by atoms with van der Waals surface area (Å²) in [4.78, 5) is 30.9. The summed E-state index contributed by atoms with van der Waals surface area (Å²) >= 11 is 0. The van der Waals surface area contributed by atoms with Crippen LogP contribution in [0.3, 0.4) is 0 Å². The van der Waals surface area contributed by atoms with Crippen molar-refractivity contribution in [1.29, 1.82) is 5.26 Å². The fourth-order valence-corrected chi connectivity index (χ4v) is 3.35. The Hall–Kier alpha value is -4.08. The molecule has 0 unspecified atom stereocenters. The number of halogens is 2. The minimum Gasteiger partial charge on any atom is -0.397 e. The number of rotatable bonds is 7. The number of aryl methyl sites for hydroxylation is 1. The number of hydrazine groups is 1. The maximum Gasteiger partial charge on any atom is 0.336 e. The Balaban J connectivity index is 2.42. The summed E-state index contributed by atoms with van der Waals surface area (Å²) in [5.74, 6) is 3.80. The molecule has 2 heterocycles. The number of pyridine rings is 1. The van der Waals surface area contributed by atoms with Crippen LogP contribution in [0.4, 0.5) is 25.8 Å². The van der Waals surface area contributed by atoms with Crippen LogP contribution in [0.5, 0.6) is 0 Å². The molecule has 0 radical (unpaired) electrons. The molecule has 0 saturated carbocycles. The van der Waals surface area contributed by atoms with Crippen LogP contribution in [0.15, 0.2) is 40.2 Å². The van der Waals surface area contributed by atoms with Gasteiger partial charge in [-0.05, 0) is 25.1 Å². The molecule has 0 amide bonds. The summed E-state index contributed by atoms with van der Waals surface area (Å²) in [5, 5.41) is 13.1. The van der Waals surface area contributed by atoms with Gasteiger partial charge >= 0.3 is 5.69 Å². The third-order valence-electron chi connectivity index (χ3n) is 4.89. The number of benzene rings is 1. The molecule has 0 fully saturated rings. The van der Waals surface area contributed by atoms with Crippen LogP contribution in [-0.4, -0.2) is 20.7 Å². The van der Waals surface area contributed by atoms with Crippen molar-refractivity contribution in [3.05, 3.63) is 74.3 Å². The molecule has 5 N–H and O–H groups in total. The summed E-state index contributed by atoms with van der Waals surface area (Å²) < 4.78 is 29.5. The van der Waals surface area contributed by atoms with Gasteiger partial charge < -0.3 is 11.1 Å². The van der Waals surface area contributed by atoms with E-state index in [2.05, 4.69) is 10.3 Å². The molecule has 0 aliphatic carbocycles. The second-order valence-electron chi connectivity index (χ2n) is 7.16. The molecule has 1 aromatic carbocycles. The van der Waals surface area contributed by atoms with Crippen molar-refractivity contribution in [2.45, 2.75) is 26.9 Å². The third-order valence-corrected chi connectivity index (χ3v) is 4.89. The molecule has 3 rings (SSSR count). The van der Waals surface area contributed by atoms with E-state index in [1.807, 2.05) is 6.07 Å². The molecular formula is C21H22F2N8O2. The van der Waals surface area contributed by atoms with Gasteiger partial charge in [0.1, 0.15) is 12.2 Å². The smallest absolute Gasteiger partial charge is 0.336 e. The number of aromatic nitrogens is 3. The van der Waals surface area contributed by atoms with Crippen LogP contribution < -0.4 is 33.2 Å². The van der Waals surface area contributed by atoms with Gasteiger partial charge in [0.15, 0.2) is 11.6 Å². The number of hydrogen-bond donors (Lipinski definition) is 3. The van der Waals surface area contributed by atoms with E-state index in [-0.39, 0.29) is 35.0 Å². The van der Waals surface area contributed by atoms with Gasteiger partial charge in [-0.2, -0.15) is 5.26 Å². The molecule has 0 aliphatic heterocycles. The fraction of sp³-hybridized carbons (Fsp3) is 0.238. The topological polar surface area (TPSA) is 148 Å². The third kappa shape index (κ3) is 4.45. The Labute approximate surface area is 187 Å². The first-order valence-corrected chi connectivity index (χ1v) is 9.89. The second-order valence-corrected chi connectivity index (χ2v) is 7.16. The first-order valence-electron chi connectivity index (χ1n) is 9.89. The predicted octanol–water partition coefficient (Wildman–Crippen LogP) is 1.21. The number of nitriles is 1. The minimum atomic E-state index is -1.23. The van der Waals surface area contributed by atoms with E-state index < -0.39 is 29.4 Å². The predicted molar refractivity (Wildman–Crippen MR) is 119 cm³/mol. The normalized spacial score (nSPS) is 10.8. The summed E-state index contributed by atoms with van der Waals surface area (Å²) in [6.45, 7) is 3.60. The van der Waals surface area contributed by atoms with Crippen LogP contribution in [0.1, 0.15) is 18.2 Å². The lowest BCUT2D eigenvalue weighted by atomic mass is 10.2. The molecule has 3 aromatic rings. The van der Waals surface area contributed by atoms with E-state index in [0.29, 0.717) is 12.1 Å². The fourth-order valence-electron chi connectivity index (χ4n) is 3.35.